The van der Waals surface area contributed by atoms with Crippen molar-refractivity contribution in [1.82, 2.24) is 19.9 Å². The molecule has 40 heavy (non-hydrogen) atoms. The highest BCUT2D eigenvalue weighted by molar-refractivity contribution is 7.22. The van der Waals surface area contributed by atoms with Gasteiger partial charge in [-0.15, -0.1) is 11.3 Å². The molecule has 8 nitrogen and oxygen atoms in total. The van der Waals surface area contributed by atoms with Gasteiger partial charge in [-0.25, -0.2) is 19.7 Å². The fourth-order valence-corrected chi connectivity index (χ4v) is 6.22. The molecule has 2 aromatic heterocycles. The average Bonchev–Trinajstić information content (AvgIpc) is 3.32. The largest absolute Gasteiger partial charge is 0.479 e. The minimum absolute atomic E-state index is 0.407. The Balaban J connectivity index is 1.67. The van der Waals surface area contributed by atoms with Crippen LogP contribution in [0.15, 0.2) is 42.6 Å². The maximum atomic E-state index is 12.6. The van der Waals surface area contributed by atoms with E-state index in [1.807, 2.05) is 64.1 Å². The molecule has 3 heterocycles. The van der Waals surface area contributed by atoms with Gasteiger partial charge in [0.05, 0.1) is 15.8 Å². The third kappa shape index (κ3) is 5.83. The van der Waals surface area contributed by atoms with Crippen LogP contribution in [0.5, 0.6) is 0 Å². The van der Waals surface area contributed by atoms with E-state index in [4.69, 9.17) is 26.3 Å². The zero-order valence-electron chi connectivity index (χ0n) is 23.6. The number of benzene rings is 2. The third-order valence-corrected chi connectivity index (χ3v) is 8.49. The maximum absolute atomic E-state index is 12.6. The van der Waals surface area contributed by atoms with Crippen molar-refractivity contribution in [3.8, 4) is 21.8 Å². The molecule has 0 radical (unpaired) electrons. The first-order chi connectivity index (χ1) is 18.9. The number of likely N-dealkylation sites (N-methyl/N-ethyl adjacent to an activating group) is 1. The molecule has 4 aromatic rings. The van der Waals surface area contributed by atoms with Gasteiger partial charge in [0.25, 0.3) is 0 Å². The summed E-state index contributed by atoms with van der Waals surface area (Å²) in [4.78, 5) is 31.6. The number of ether oxygens (including phenoxy) is 1. The van der Waals surface area contributed by atoms with Crippen molar-refractivity contribution in [3.63, 3.8) is 0 Å². The van der Waals surface area contributed by atoms with E-state index in [1.165, 1.54) is 11.3 Å². The summed E-state index contributed by atoms with van der Waals surface area (Å²) in [5.74, 6) is -0.352. The Morgan fingerprint density at radius 3 is 2.55 bits per heavy atom. The van der Waals surface area contributed by atoms with Gasteiger partial charge in [0.2, 0.25) is 5.95 Å². The van der Waals surface area contributed by atoms with Crippen molar-refractivity contribution >= 4 is 45.1 Å². The molecular weight excluding hydrogens is 546 g/mol. The number of carboxylic acid groups (broad SMARTS) is 1. The summed E-state index contributed by atoms with van der Waals surface area (Å²) >= 11 is 7.71. The second-order valence-electron chi connectivity index (χ2n) is 11.3. The van der Waals surface area contributed by atoms with Crippen LogP contribution in [0.25, 0.3) is 32.0 Å². The van der Waals surface area contributed by atoms with E-state index in [1.54, 1.807) is 6.20 Å². The van der Waals surface area contributed by atoms with Gasteiger partial charge in [0.1, 0.15) is 10.7 Å². The Hall–Kier alpha value is -3.11. The molecule has 1 N–H and O–H groups in total. The van der Waals surface area contributed by atoms with Crippen LogP contribution in [0.4, 0.5) is 5.95 Å². The second kappa shape index (κ2) is 11.0. The van der Waals surface area contributed by atoms with E-state index < -0.39 is 17.7 Å². The van der Waals surface area contributed by atoms with Gasteiger partial charge in [-0.2, -0.15) is 0 Å². The quantitative estimate of drug-likeness (QED) is 0.278. The van der Waals surface area contributed by atoms with Crippen molar-refractivity contribution in [2.24, 2.45) is 0 Å². The molecule has 10 heteroatoms. The summed E-state index contributed by atoms with van der Waals surface area (Å²) in [5, 5.41) is 11.6. The van der Waals surface area contributed by atoms with Crippen LogP contribution in [0.1, 0.15) is 44.9 Å². The number of halogens is 1. The highest BCUT2D eigenvalue weighted by Crippen LogP contribution is 2.44. The number of fused-ring (bicyclic) bond motifs is 1. The number of piperazine rings is 1. The number of anilines is 1. The zero-order chi connectivity index (χ0) is 28.8. The predicted octanol–water partition coefficient (Wildman–Crippen LogP) is 6.46. The van der Waals surface area contributed by atoms with Gasteiger partial charge in [-0.3, -0.25) is 0 Å². The Kier molecular flexibility index (Phi) is 7.85. The number of aryl methyl sites for hydroxylation is 1. The van der Waals surface area contributed by atoms with Crippen LogP contribution in [0.3, 0.4) is 0 Å². The lowest BCUT2D eigenvalue weighted by Gasteiger charge is -2.37. The molecule has 1 aliphatic heterocycles. The summed E-state index contributed by atoms with van der Waals surface area (Å²) < 4.78 is 6.99. The van der Waals surface area contributed by atoms with E-state index in [0.717, 1.165) is 57.2 Å². The SMILES string of the molecule is Cc1cc2nc(-c3ccnc(N4CCN(C)C(C)C4)n3)sc2c(-c2ccc(Cl)cc2)c1C(OC(C)(C)C)C(=O)O. The average molecular weight is 580 g/mol. The molecule has 1 fully saturated rings. The molecule has 0 bridgehead atoms. The first kappa shape index (κ1) is 28.4. The minimum atomic E-state index is -1.16. The molecule has 1 saturated heterocycles. The number of aromatic nitrogens is 3. The lowest BCUT2D eigenvalue weighted by Crippen LogP contribution is -2.50. The Labute approximate surface area is 243 Å². The predicted molar refractivity (Wildman–Crippen MR) is 161 cm³/mol. The molecule has 2 atom stereocenters. The van der Waals surface area contributed by atoms with Gasteiger partial charge < -0.3 is 19.6 Å². The molecule has 0 aliphatic carbocycles. The van der Waals surface area contributed by atoms with Crippen LogP contribution in [0, 0.1) is 6.92 Å². The lowest BCUT2D eigenvalue weighted by atomic mass is 9.91. The number of nitrogens with zero attached hydrogens (tertiary/aromatic N) is 5. The molecule has 0 saturated carbocycles. The number of carbonyl (C=O) groups is 1. The summed E-state index contributed by atoms with van der Waals surface area (Å²) in [5.41, 5.74) is 3.89. The monoisotopic (exact) mass is 579 g/mol. The number of hydrogen-bond acceptors (Lipinski definition) is 8. The van der Waals surface area contributed by atoms with Gasteiger partial charge in [-0.05, 0) is 77.1 Å². The fraction of sp³-hybridized carbons (Fsp3) is 0.400. The van der Waals surface area contributed by atoms with E-state index in [-0.39, 0.29) is 0 Å². The van der Waals surface area contributed by atoms with Crippen LogP contribution in [-0.4, -0.2) is 69.3 Å². The van der Waals surface area contributed by atoms with E-state index in [9.17, 15) is 9.90 Å². The van der Waals surface area contributed by atoms with Crippen LogP contribution >= 0.6 is 22.9 Å². The third-order valence-electron chi connectivity index (χ3n) is 7.12. The van der Waals surface area contributed by atoms with Gasteiger partial charge >= 0.3 is 5.97 Å². The molecule has 0 spiro atoms. The van der Waals surface area contributed by atoms with Crippen molar-refractivity contribution in [2.75, 3.05) is 31.6 Å². The van der Waals surface area contributed by atoms with Crippen molar-refractivity contribution in [2.45, 2.75) is 52.4 Å². The van der Waals surface area contributed by atoms with E-state index in [2.05, 4.69) is 28.8 Å². The van der Waals surface area contributed by atoms with Gasteiger partial charge in [-0.1, -0.05) is 23.7 Å². The van der Waals surface area contributed by atoms with E-state index in [0.29, 0.717) is 22.6 Å². The Morgan fingerprint density at radius 1 is 1.18 bits per heavy atom. The molecule has 0 amide bonds. The standard InChI is InChI=1S/C30H34ClN5O3S/c1-17-15-22-26(24(19-7-9-20(31)10-8-19)23(17)25(28(37)38)39-30(3,4)5)40-27(33-22)21-11-12-32-29(34-21)36-14-13-35(6)18(2)16-36/h7-12,15,18,25H,13-14,16H2,1-6H3,(H,37,38). The normalized spacial score (nSPS) is 17.4. The summed E-state index contributed by atoms with van der Waals surface area (Å²) in [6.45, 7) is 12.4. The van der Waals surface area contributed by atoms with Crippen molar-refractivity contribution < 1.29 is 14.6 Å². The molecule has 5 rings (SSSR count). The molecule has 2 aromatic carbocycles. The maximum Gasteiger partial charge on any atom is 0.337 e. The minimum Gasteiger partial charge on any atom is -0.479 e. The van der Waals surface area contributed by atoms with Crippen molar-refractivity contribution in [3.05, 3.63) is 58.7 Å². The van der Waals surface area contributed by atoms with Crippen LogP contribution in [-0.2, 0) is 9.53 Å². The Morgan fingerprint density at radius 2 is 1.90 bits per heavy atom. The summed E-state index contributed by atoms with van der Waals surface area (Å²) in [7, 11) is 2.14. The number of aliphatic carboxylic acids is 1. The van der Waals surface area contributed by atoms with Gasteiger partial charge in [0.15, 0.2) is 6.10 Å². The number of rotatable bonds is 6. The molecular formula is C30H34ClN5O3S. The summed E-state index contributed by atoms with van der Waals surface area (Å²) in [6.07, 6.45) is 0.617. The second-order valence-corrected chi connectivity index (χ2v) is 12.8. The number of hydrogen-bond donors (Lipinski definition) is 1. The highest BCUT2D eigenvalue weighted by Gasteiger charge is 2.32. The molecule has 1 aliphatic rings. The molecule has 2 unspecified atom stereocenters. The topological polar surface area (TPSA) is 91.7 Å². The lowest BCUT2D eigenvalue weighted by molar-refractivity contribution is -0.160. The molecule has 210 valence electrons. The first-order valence-electron chi connectivity index (χ1n) is 13.3. The highest BCUT2D eigenvalue weighted by atomic mass is 35.5. The number of thiazole rings is 1. The Bertz CT molecular complexity index is 1550. The van der Waals surface area contributed by atoms with Crippen LogP contribution < -0.4 is 4.90 Å². The fourth-order valence-electron chi connectivity index (χ4n) is 5.00. The first-order valence-corrected chi connectivity index (χ1v) is 14.5. The smallest absolute Gasteiger partial charge is 0.337 e. The van der Waals surface area contributed by atoms with E-state index >= 15 is 0 Å². The number of carboxylic acids is 1. The van der Waals surface area contributed by atoms with Gasteiger partial charge in [0, 0.05) is 48.0 Å². The summed E-state index contributed by atoms with van der Waals surface area (Å²) in [6, 6.07) is 11.7. The zero-order valence-corrected chi connectivity index (χ0v) is 25.2. The van der Waals surface area contributed by atoms with Crippen LogP contribution in [0.2, 0.25) is 5.02 Å². The van der Waals surface area contributed by atoms with Crippen molar-refractivity contribution in [1.29, 1.82) is 0 Å².